The lowest BCUT2D eigenvalue weighted by Gasteiger charge is -2.15. The standard InChI is InChI=1S/C11H14FNO/c1-14-11-8(4-2-5-9(11)12)10-6-3-7-13-10/h2,4-5,10,13H,3,6-7H2,1H3/t10-/m0/s1. The molecule has 1 fully saturated rings. The van der Waals surface area contributed by atoms with Gasteiger partial charge in [0.25, 0.3) is 0 Å². The van der Waals surface area contributed by atoms with Crippen molar-refractivity contribution in [3.63, 3.8) is 0 Å². The first kappa shape index (κ1) is 9.46. The van der Waals surface area contributed by atoms with Crippen LogP contribution in [0, 0.1) is 5.82 Å². The van der Waals surface area contributed by atoms with E-state index in [1.807, 2.05) is 6.07 Å². The van der Waals surface area contributed by atoms with Gasteiger partial charge in [0, 0.05) is 11.6 Å². The maximum Gasteiger partial charge on any atom is 0.165 e. The summed E-state index contributed by atoms with van der Waals surface area (Å²) in [5.74, 6) is 0.102. The lowest BCUT2D eigenvalue weighted by Crippen LogP contribution is -2.14. The van der Waals surface area contributed by atoms with Gasteiger partial charge in [0.2, 0.25) is 0 Å². The third-order valence-electron chi connectivity index (χ3n) is 2.64. The number of nitrogens with one attached hydrogen (secondary N) is 1. The van der Waals surface area contributed by atoms with Crippen molar-refractivity contribution < 1.29 is 9.13 Å². The van der Waals surface area contributed by atoms with Crippen LogP contribution in [-0.4, -0.2) is 13.7 Å². The molecule has 3 heteroatoms. The molecule has 1 aromatic rings. The zero-order chi connectivity index (χ0) is 9.97. The second kappa shape index (κ2) is 3.96. The normalized spacial score (nSPS) is 21.1. The first-order valence-corrected chi connectivity index (χ1v) is 4.88. The van der Waals surface area contributed by atoms with Crippen molar-refractivity contribution in [1.29, 1.82) is 0 Å². The molecule has 1 aliphatic rings. The summed E-state index contributed by atoms with van der Waals surface area (Å²) in [7, 11) is 1.51. The molecule has 14 heavy (non-hydrogen) atoms. The highest BCUT2D eigenvalue weighted by atomic mass is 19.1. The number of rotatable bonds is 2. The minimum absolute atomic E-state index is 0.251. The van der Waals surface area contributed by atoms with Crippen molar-refractivity contribution in [1.82, 2.24) is 5.32 Å². The van der Waals surface area contributed by atoms with Crippen molar-refractivity contribution in [3.05, 3.63) is 29.6 Å². The van der Waals surface area contributed by atoms with Crippen LogP contribution in [0.4, 0.5) is 4.39 Å². The summed E-state index contributed by atoms with van der Waals surface area (Å²) in [4.78, 5) is 0. The first-order valence-electron chi connectivity index (χ1n) is 4.88. The Morgan fingerprint density at radius 3 is 3.00 bits per heavy atom. The van der Waals surface area contributed by atoms with Gasteiger partial charge < -0.3 is 10.1 Å². The van der Waals surface area contributed by atoms with Crippen LogP contribution in [0.2, 0.25) is 0 Å². The number of benzene rings is 1. The zero-order valence-corrected chi connectivity index (χ0v) is 8.22. The average Bonchev–Trinajstić information content (AvgIpc) is 2.70. The quantitative estimate of drug-likeness (QED) is 0.781. The number of hydrogen-bond donors (Lipinski definition) is 1. The lowest BCUT2D eigenvalue weighted by atomic mass is 10.0. The van der Waals surface area contributed by atoms with Gasteiger partial charge in [-0.1, -0.05) is 12.1 Å². The summed E-state index contributed by atoms with van der Waals surface area (Å²) in [6.07, 6.45) is 2.20. The summed E-state index contributed by atoms with van der Waals surface area (Å²) in [5.41, 5.74) is 0.935. The molecular weight excluding hydrogens is 181 g/mol. The number of para-hydroxylation sites is 1. The predicted molar refractivity (Wildman–Crippen MR) is 52.9 cm³/mol. The Kier molecular flexibility index (Phi) is 2.68. The van der Waals surface area contributed by atoms with Crippen LogP contribution in [0.3, 0.4) is 0 Å². The number of methoxy groups -OCH3 is 1. The third kappa shape index (κ3) is 1.60. The molecule has 0 spiro atoms. The largest absolute Gasteiger partial charge is 0.493 e. The maximum atomic E-state index is 13.4. The molecule has 2 rings (SSSR count). The van der Waals surface area contributed by atoms with Gasteiger partial charge in [-0.2, -0.15) is 0 Å². The van der Waals surface area contributed by atoms with Gasteiger partial charge in [-0.05, 0) is 25.5 Å². The molecule has 0 aliphatic carbocycles. The summed E-state index contributed by atoms with van der Waals surface area (Å²) < 4.78 is 18.4. The molecule has 1 aliphatic heterocycles. The Bertz CT molecular complexity index is 321. The van der Waals surface area contributed by atoms with E-state index in [-0.39, 0.29) is 11.9 Å². The lowest BCUT2D eigenvalue weighted by molar-refractivity contribution is 0.376. The smallest absolute Gasteiger partial charge is 0.165 e. The summed E-state index contributed by atoms with van der Waals surface area (Å²) >= 11 is 0. The number of ether oxygens (including phenoxy) is 1. The molecule has 1 heterocycles. The fourth-order valence-electron chi connectivity index (χ4n) is 1.97. The fraction of sp³-hybridized carbons (Fsp3) is 0.455. The maximum absolute atomic E-state index is 13.4. The molecule has 0 saturated carbocycles. The van der Waals surface area contributed by atoms with Crippen LogP contribution >= 0.6 is 0 Å². The van der Waals surface area contributed by atoms with Gasteiger partial charge >= 0.3 is 0 Å². The minimum atomic E-state index is -0.279. The van der Waals surface area contributed by atoms with E-state index >= 15 is 0 Å². The highest BCUT2D eigenvalue weighted by Gasteiger charge is 2.21. The molecule has 1 N–H and O–H groups in total. The number of hydrogen-bond acceptors (Lipinski definition) is 2. The molecule has 0 aromatic heterocycles. The highest BCUT2D eigenvalue weighted by Crippen LogP contribution is 2.32. The van der Waals surface area contributed by atoms with Gasteiger partial charge in [-0.25, -0.2) is 4.39 Å². The van der Waals surface area contributed by atoms with Crippen LogP contribution < -0.4 is 10.1 Å². The zero-order valence-electron chi connectivity index (χ0n) is 8.22. The van der Waals surface area contributed by atoms with Crippen LogP contribution in [0.15, 0.2) is 18.2 Å². The van der Waals surface area contributed by atoms with Crippen LogP contribution in [0.5, 0.6) is 5.75 Å². The van der Waals surface area contributed by atoms with E-state index < -0.39 is 0 Å². The van der Waals surface area contributed by atoms with E-state index in [2.05, 4.69) is 5.32 Å². The predicted octanol–water partition coefficient (Wildman–Crippen LogP) is 2.26. The third-order valence-corrected chi connectivity index (χ3v) is 2.64. The van der Waals surface area contributed by atoms with Crippen LogP contribution in [-0.2, 0) is 0 Å². The van der Waals surface area contributed by atoms with Crippen molar-refractivity contribution in [2.45, 2.75) is 18.9 Å². The Morgan fingerprint density at radius 1 is 1.50 bits per heavy atom. The molecule has 76 valence electrons. The molecule has 1 saturated heterocycles. The first-order chi connectivity index (χ1) is 6.83. The van der Waals surface area contributed by atoms with Gasteiger partial charge in [0.05, 0.1) is 7.11 Å². The van der Waals surface area contributed by atoms with E-state index in [1.165, 1.54) is 13.2 Å². The van der Waals surface area contributed by atoms with E-state index in [0.29, 0.717) is 5.75 Å². The minimum Gasteiger partial charge on any atom is -0.493 e. The van der Waals surface area contributed by atoms with Crippen molar-refractivity contribution in [2.75, 3.05) is 13.7 Å². The van der Waals surface area contributed by atoms with E-state index in [0.717, 1.165) is 24.9 Å². The Morgan fingerprint density at radius 2 is 2.36 bits per heavy atom. The van der Waals surface area contributed by atoms with E-state index in [4.69, 9.17) is 4.74 Å². The monoisotopic (exact) mass is 195 g/mol. The second-order valence-corrected chi connectivity index (χ2v) is 3.51. The topological polar surface area (TPSA) is 21.3 Å². The molecule has 0 amide bonds. The van der Waals surface area contributed by atoms with Gasteiger partial charge in [0.15, 0.2) is 11.6 Å². The molecule has 0 radical (unpaired) electrons. The van der Waals surface area contributed by atoms with Crippen LogP contribution in [0.1, 0.15) is 24.4 Å². The second-order valence-electron chi connectivity index (χ2n) is 3.51. The Labute approximate surface area is 83.1 Å². The van der Waals surface area contributed by atoms with E-state index in [9.17, 15) is 4.39 Å². The van der Waals surface area contributed by atoms with Crippen molar-refractivity contribution in [2.24, 2.45) is 0 Å². The van der Waals surface area contributed by atoms with Crippen molar-refractivity contribution >= 4 is 0 Å². The molecule has 0 bridgehead atoms. The van der Waals surface area contributed by atoms with Gasteiger partial charge in [-0.15, -0.1) is 0 Å². The summed E-state index contributed by atoms with van der Waals surface area (Å²) in [6.45, 7) is 1.00. The molecule has 1 atom stereocenters. The molecular formula is C11H14FNO. The fourth-order valence-corrected chi connectivity index (χ4v) is 1.97. The molecule has 0 unspecified atom stereocenters. The van der Waals surface area contributed by atoms with Crippen LogP contribution in [0.25, 0.3) is 0 Å². The highest BCUT2D eigenvalue weighted by molar-refractivity contribution is 5.37. The van der Waals surface area contributed by atoms with Gasteiger partial charge in [0.1, 0.15) is 0 Å². The molecule has 1 aromatic carbocycles. The van der Waals surface area contributed by atoms with E-state index in [1.54, 1.807) is 6.07 Å². The Balaban J connectivity index is 2.35. The summed E-state index contributed by atoms with van der Waals surface area (Å²) in [6, 6.07) is 5.33. The SMILES string of the molecule is COc1c(F)cccc1[C@@H]1CCCN1. The van der Waals surface area contributed by atoms with Gasteiger partial charge in [-0.3, -0.25) is 0 Å². The average molecular weight is 195 g/mol. The Hall–Kier alpha value is -1.09. The molecule has 2 nitrogen and oxygen atoms in total. The van der Waals surface area contributed by atoms with Crippen molar-refractivity contribution in [3.8, 4) is 5.75 Å². The number of halogens is 1. The summed E-state index contributed by atoms with van der Waals surface area (Å²) in [5, 5.41) is 3.33.